The first-order chi connectivity index (χ1) is 7.79. The van der Waals surface area contributed by atoms with Gasteiger partial charge in [-0.1, -0.05) is 27.7 Å². The van der Waals surface area contributed by atoms with E-state index in [0.717, 1.165) is 0 Å². The standard InChI is InChI=1S/C12H25O5P/c1-9(2)7-17-12(5,6)11(3,4)10(13)8-18(14,15)16/h9H,7-8H2,1-6H3,(H2,14,15,16). The lowest BCUT2D eigenvalue weighted by Gasteiger charge is -2.40. The zero-order valence-electron chi connectivity index (χ0n) is 12.1. The molecule has 0 saturated heterocycles. The van der Waals surface area contributed by atoms with Crippen molar-refractivity contribution in [2.24, 2.45) is 11.3 Å². The first-order valence-corrected chi connectivity index (χ1v) is 7.81. The van der Waals surface area contributed by atoms with Gasteiger partial charge in [-0.15, -0.1) is 0 Å². The number of ketones is 1. The summed E-state index contributed by atoms with van der Waals surface area (Å²) in [6.07, 6.45) is -0.742. The fourth-order valence-electron chi connectivity index (χ4n) is 1.28. The van der Waals surface area contributed by atoms with Gasteiger partial charge < -0.3 is 14.5 Å². The van der Waals surface area contributed by atoms with Gasteiger partial charge in [0.2, 0.25) is 0 Å². The third-order valence-electron chi connectivity index (χ3n) is 3.33. The number of carbonyl (C=O) groups excluding carboxylic acids is 1. The smallest absolute Gasteiger partial charge is 0.332 e. The van der Waals surface area contributed by atoms with E-state index in [0.29, 0.717) is 12.5 Å². The highest BCUT2D eigenvalue weighted by Crippen LogP contribution is 2.41. The van der Waals surface area contributed by atoms with Crippen LogP contribution in [0.25, 0.3) is 0 Å². The van der Waals surface area contributed by atoms with Crippen LogP contribution in [0.4, 0.5) is 0 Å². The van der Waals surface area contributed by atoms with Crippen LogP contribution in [0.2, 0.25) is 0 Å². The van der Waals surface area contributed by atoms with Crippen molar-refractivity contribution in [3.8, 4) is 0 Å². The molecule has 18 heavy (non-hydrogen) atoms. The molecule has 0 bridgehead atoms. The molecule has 0 aliphatic heterocycles. The Kier molecular flexibility index (Phi) is 5.75. The van der Waals surface area contributed by atoms with Crippen molar-refractivity contribution >= 4 is 13.4 Å². The van der Waals surface area contributed by atoms with Crippen molar-refractivity contribution in [1.29, 1.82) is 0 Å². The van der Waals surface area contributed by atoms with E-state index in [9.17, 15) is 9.36 Å². The van der Waals surface area contributed by atoms with Gasteiger partial charge in [0.1, 0.15) is 6.16 Å². The zero-order valence-corrected chi connectivity index (χ0v) is 13.0. The number of hydrogen-bond donors (Lipinski definition) is 2. The first kappa shape index (κ1) is 17.8. The van der Waals surface area contributed by atoms with Crippen LogP contribution < -0.4 is 0 Å². The highest BCUT2D eigenvalue weighted by molar-refractivity contribution is 7.52. The third-order valence-corrected chi connectivity index (χ3v) is 4.03. The van der Waals surface area contributed by atoms with Crippen LogP contribution in [-0.4, -0.2) is 33.9 Å². The van der Waals surface area contributed by atoms with E-state index in [1.54, 1.807) is 27.7 Å². The lowest BCUT2D eigenvalue weighted by atomic mass is 9.74. The molecule has 0 aliphatic carbocycles. The molecule has 0 aromatic heterocycles. The van der Waals surface area contributed by atoms with Crippen LogP contribution in [0.5, 0.6) is 0 Å². The van der Waals surface area contributed by atoms with E-state index in [1.165, 1.54) is 0 Å². The summed E-state index contributed by atoms with van der Waals surface area (Å²) in [4.78, 5) is 29.8. The maximum atomic E-state index is 12.0. The molecule has 0 spiro atoms. The SMILES string of the molecule is CC(C)COC(C)(C)C(C)(C)C(=O)CP(=O)(O)O. The fourth-order valence-corrected chi connectivity index (χ4v) is 2.05. The molecule has 0 saturated carbocycles. The summed E-state index contributed by atoms with van der Waals surface area (Å²) in [6.45, 7) is 11.4. The molecule has 0 radical (unpaired) electrons. The lowest BCUT2D eigenvalue weighted by Crippen LogP contribution is -2.48. The molecule has 0 amide bonds. The summed E-state index contributed by atoms with van der Waals surface area (Å²) in [5.74, 6) is -0.151. The molecule has 0 aromatic carbocycles. The summed E-state index contributed by atoms with van der Waals surface area (Å²) >= 11 is 0. The van der Waals surface area contributed by atoms with Gasteiger partial charge in [-0.3, -0.25) is 9.36 Å². The van der Waals surface area contributed by atoms with Crippen molar-refractivity contribution in [1.82, 2.24) is 0 Å². The number of rotatable bonds is 7. The summed E-state index contributed by atoms with van der Waals surface area (Å²) in [6, 6.07) is 0. The molecule has 6 heteroatoms. The number of hydrogen-bond acceptors (Lipinski definition) is 3. The molecular weight excluding hydrogens is 255 g/mol. The van der Waals surface area contributed by atoms with Gasteiger partial charge >= 0.3 is 7.60 Å². The van der Waals surface area contributed by atoms with Crippen molar-refractivity contribution in [2.45, 2.75) is 47.1 Å². The molecule has 5 nitrogen and oxygen atoms in total. The lowest BCUT2D eigenvalue weighted by molar-refractivity contribution is -0.148. The third kappa shape index (κ3) is 5.19. The van der Waals surface area contributed by atoms with Crippen LogP contribution in [0, 0.1) is 11.3 Å². The fraction of sp³-hybridized carbons (Fsp3) is 0.917. The molecule has 2 N–H and O–H groups in total. The largest absolute Gasteiger partial charge is 0.374 e. The summed E-state index contributed by atoms with van der Waals surface area (Å²) < 4.78 is 16.6. The van der Waals surface area contributed by atoms with Gasteiger partial charge in [-0.25, -0.2) is 0 Å². The van der Waals surface area contributed by atoms with Crippen molar-refractivity contribution < 1.29 is 23.9 Å². The van der Waals surface area contributed by atoms with Crippen molar-refractivity contribution in [3.05, 3.63) is 0 Å². The molecule has 0 heterocycles. The van der Waals surface area contributed by atoms with E-state index in [1.807, 2.05) is 13.8 Å². The molecule has 0 aliphatic rings. The Labute approximate surface area is 109 Å². The highest BCUT2D eigenvalue weighted by Gasteiger charge is 2.45. The van der Waals surface area contributed by atoms with Gasteiger partial charge in [0, 0.05) is 6.61 Å². The Morgan fingerprint density at radius 2 is 1.67 bits per heavy atom. The molecule has 0 fully saturated rings. The van der Waals surface area contributed by atoms with E-state index in [4.69, 9.17) is 14.5 Å². The second-order valence-corrected chi connectivity index (χ2v) is 7.73. The van der Waals surface area contributed by atoms with Crippen LogP contribution >= 0.6 is 7.60 Å². The number of ether oxygens (including phenoxy) is 1. The predicted octanol–water partition coefficient (Wildman–Crippen LogP) is 2.21. The van der Waals surface area contributed by atoms with E-state index in [-0.39, 0.29) is 0 Å². The minimum absolute atomic E-state index is 0.331. The summed E-state index contributed by atoms with van der Waals surface area (Å²) in [5.41, 5.74) is -1.73. The number of carbonyl (C=O) groups is 1. The Bertz CT molecular complexity index is 340. The molecule has 108 valence electrons. The van der Waals surface area contributed by atoms with Crippen LogP contribution in [-0.2, 0) is 14.1 Å². The molecular formula is C12H25O5P. The predicted molar refractivity (Wildman–Crippen MR) is 70.6 cm³/mol. The highest BCUT2D eigenvalue weighted by atomic mass is 31.2. The quantitative estimate of drug-likeness (QED) is 0.698. The second-order valence-electron chi connectivity index (χ2n) is 6.09. The molecule has 0 unspecified atom stereocenters. The van der Waals surface area contributed by atoms with Crippen LogP contribution in [0.15, 0.2) is 0 Å². The van der Waals surface area contributed by atoms with Gasteiger partial charge in [0.15, 0.2) is 5.78 Å². The summed E-state index contributed by atoms with van der Waals surface area (Å²) in [7, 11) is -4.33. The molecule has 0 aromatic rings. The van der Waals surface area contributed by atoms with Gasteiger partial charge in [0.05, 0.1) is 11.0 Å². The van der Waals surface area contributed by atoms with Crippen LogP contribution in [0.1, 0.15) is 41.5 Å². The topological polar surface area (TPSA) is 83.8 Å². The Balaban J connectivity index is 4.88. The van der Waals surface area contributed by atoms with Gasteiger partial charge in [0.25, 0.3) is 0 Å². The Morgan fingerprint density at radius 1 is 1.22 bits per heavy atom. The second kappa shape index (κ2) is 5.83. The average molecular weight is 280 g/mol. The molecule has 0 atom stereocenters. The zero-order chi connectivity index (χ0) is 14.8. The number of Topliss-reactive ketones (excluding diaryl/α,β-unsaturated/α-hetero) is 1. The van der Waals surface area contributed by atoms with E-state index in [2.05, 4.69) is 0 Å². The maximum absolute atomic E-state index is 12.0. The van der Waals surface area contributed by atoms with Crippen molar-refractivity contribution in [2.75, 3.05) is 12.8 Å². The molecule has 0 rings (SSSR count). The Hall–Kier alpha value is -0.220. The minimum Gasteiger partial charge on any atom is -0.374 e. The summed E-state index contributed by atoms with van der Waals surface area (Å²) in [5, 5.41) is 0. The van der Waals surface area contributed by atoms with Crippen molar-refractivity contribution in [3.63, 3.8) is 0 Å². The van der Waals surface area contributed by atoms with Gasteiger partial charge in [-0.05, 0) is 19.8 Å². The Morgan fingerprint density at radius 3 is 2.00 bits per heavy atom. The van der Waals surface area contributed by atoms with E-state index >= 15 is 0 Å². The maximum Gasteiger partial charge on any atom is 0.332 e. The normalized spacial score (nSPS) is 14.1. The average Bonchev–Trinajstić information content (AvgIpc) is 2.11. The minimum atomic E-state index is -4.33. The van der Waals surface area contributed by atoms with E-state index < -0.39 is 30.6 Å². The van der Waals surface area contributed by atoms with Gasteiger partial charge in [-0.2, -0.15) is 0 Å². The first-order valence-electron chi connectivity index (χ1n) is 6.01. The van der Waals surface area contributed by atoms with Crippen LogP contribution in [0.3, 0.4) is 0 Å². The monoisotopic (exact) mass is 280 g/mol.